The highest BCUT2D eigenvalue weighted by molar-refractivity contribution is 5.89. The predicted molar refractivity (Wildman–Crippen MR) is 108 cm³/mol. The summed E-state index contributed by atoms with van der Waals surface area (Å²) >= 11 is 0. The zero-order valence-corrected chi connectivity index (χ0v) is 15.3. The second-order valence-corrected chi connectivity index (χ2v) is 6.34. The zero-order valence-electron chi connectivity index (χ0n) is 15.3. The Morgan fingerprint density at radius 3 is 2.41 bits per heavy atom. The van der Waals surface area contributed by atoms with E-state index >= 15 is 0 Å². The number of rotatable bonds is 7. The first kappa shape index (κ1) is 18.8. The topological polar surface area (TPSA) is 9.23 Å². The maximum atomic E-state index is 14.5. The van der Waals surface area contributed by atoms with E-state index in [4.69, 9.17) is 4.74 Å². The lowest BCUT2D eigenvalue weighted by molar-refractivity contribution is 0.334. The Morgan fingerprint density at radius 1 is 0.963 bits per heavy atom. The molecular weight excluding hydrogens is 342 g/mol. The fourth-order valence-corrected chi connectivity index (χ4v) is 3.02. The molecule has 0 saturated heterocycles. The molecule has 3 aromatic rings. The third-order valence-electron chi connectivity index (χ3n) is 4.46. The minimum Gasteiger partial charge on any atom is -0.486 e. The summed E-state index contributed by atoms with van der Waals surface area (Å²) in [5, 5.41) is 0.841. The van der Waals surface area contributed by atoms with E-state index < -0.39 is 11.6 Å². The first-order valence-corrected chi connectivity index (χ1v) is 9.00. The second kappa shape index (κ2) is 8.63. The molecule has 0 fully saturated rings. The summed E-state index contributed by atoms with van der Waals surface area (Å²) in [5.74, 6) is -1.96. The molecule has 0 aliphatic rings. The number of hydrogen-bond acceptors (Lipinski definition) is 1. The molecule has 1 nitrogen and oxygen atoms in total. The molecule has 0 radical (unpaired) electrons. The van der Waals surface area contributed by atoms with Gasteiger partial charge in [0.1, 0.15) is 6.61 Å². The third-order valence-corrected chi connectivity index (χ3v) is 4.46. The summed E-state index contributed by atoms with van der Waals surface area (Å²) in [6, 6.07) is 15.1. The molecule has 0 saturated carbocycles. The summed E-state index contributed by atoms with van der Waals surface area (Å²) in [6.07, 6.45) is 7.67. The van der Waals surface area contributed by atoms with Gasteiger partial charge >= 0.3 is 0 Å². The van der Waals surface area contributed by atoms with E-state index in [0.29, 0.717) is 5.39 Å². The first-order chi connectivity index (χ1) is 13.1. The molecule has 0 amide bonds. The first-order valence-electron chi connectivity index (χ1n) is 9.00. The van der Waals surface area contributed by atoms with E-state index in [-0.39, 0.29) is 17.7 Å². The highest BCUT2D eigenvalue weighted by atomic mass is 19.2. The molecule has 3 heteroatoms. The van der Waals surface area contributed by atoms with Crippen molar-refractivity contribution in [3.8, 4) is 16.9 Å². The molecule has 27 heavy (non-hydrogen) atoms. The van der Waals surface area contributed by atoms with E-state index in [0.717, 1.165) is 24.0 Å². The highest BCUT2D eigenvalue weighted by Crippen LogP contribution is 2.32. The van der Waals surface area contributed by atoms with Crippen LogP contribution in [0.2, 0.25) is 0 Å². The second-order valence-electron chi connectivity index (χ2n) is 6.34. The molecule has 3 rings (SSSR count). The Hall–Kier alpha value is -2.94. The van der Waals surface area contributed by atoms with E-state index in [1.54, 1.807) is 12.1 Å². The molecular formula is C24H22F2O. The molecule has 0 spiro atoms. The van der Waals surface area contributed by atoms with Gasteiger partial charge in [0, 0.05) is 5.39 Å². The fourth-order valence-electron chi connectivity index (χ4n) is 3.02. The standard InChI is InChI=1S/C24H22F2O/c1-3-5-6-7-17-8-10-18(11-9-17)19-12-13-20-16-22(27-14-4-2)24(26)23(25)21(20)15-19/h3-5,8-13,15-16H,2,6-7,14H2,1H3/b5-3+. The van der Waals surface area contributed by atoms with Crippen LogP contribution >= 0.6 is 0 Å². The molecule has 0 aromatic heterocycles. The Morgan fingerprint density at radius 2 is 1.70 bits per heavy atom. The van der Waals surface area contributed by atoms with Crippen LogP contribution in [0.5, 0.6) is 5.75 Å². The molecule has 0 atom stereocenters. The molecule has 3 aromatic carbocycles. The number of fused-ring (bicyclic) bond motifs is 1. The van der Waals surface area contributed by atoms with Gasteiger partial charge in [0.15, 0.2) is 11.6 Å². The SMILES string of the molecule is C=CCOc1cc2ccc(-c3ccc(CC/C=C/C)cc3)cc2c(F)c1F. The fraction of sp³-hybridized carbons (Fsp3) is 0.167. The van der Waals surface area contributed by atoms with E-state index in [1.807, 2.05) is 31.2 Å². The number of ether oxygens (including phenoxy) is 1. The normalized spacial score (nSPS) is 11.2. The number of halogens is 2. The maximum Gasteiger partial charge on any atom is 0.201 e. The lowest BCUT2D eigenvalue weighted by atomic mass is 9.99. The quantitative estimate of drug-likeness (QED) is 0.416. The van der Waals surface area contributed by atoms with Crippen molar-refractivity contribution in [1.29, 1.82) is 0 Å². The minimum absolute atomic E-state index is 0.0990. The average molecular weight is 364 g/mol. The van der Waals surface area contributed by atoms with Gasteiger partial charge in [-0.3, -0.25) is 0 Å². The van der Waals surface area contributed by atoms with Crippen LogP contribution in [0.4, 0.5) is 8.78 Å². The van der Waals surface area contributed by atoms with Crippen LogP contribution in [0.3, 0.4) is 0 Å². The predicted octanol–water partition coefficient (Wildman–Crippen LogP) is 6.86. The number of hydrogen-bond donors (Lipinski definition) is 0. The molecule has 0 aliphatic carbocycles. The monoisotopic (exact) mass is 364 g/mol. The van der Waals surface area contributed by atoms with Gasteiger partial charge in [-0.05, 0) is 54.0 Å². The van der Waals surface area contributed by atoms with Crippen LogP contribution in [-0.4, -0.2) is 6.61 Å². The smallest absolute Gasteiger partial charge is 0.201 e. The van der Waals surface area contributed by atoms with Crippen molar-refractivity contribution in [1.82, 2.24) is 0 Å². The molecule has 0 bridgehead atoms. The van der Waals surface area contributed by atoms with Gasteiger partial charge in [0.25, 0.3) is 0 Å². The van der Waals surface area contributed by atoms with E-state index in [9.17, 15) is 8.78 Å². The van der Waals surface area contributed by atoms with Crippen molar-refractivity contribution < 1.29 is 13.5 Å². The summed E-state index contributed by atoms with van der Waals surface area (Å²) in [7, 11) is 0. The van der Waals surface area contributed by atoms with Crippen LogP contribution in [0.1, 0.15) is 18.9 Å². The van der Waals surface area contributed by atoms with Crippen molar-refractivity contribution in [2.45, 2.75) is 19.8 Å². The number of allylic oxidation sites excluding steroid dienone is 2. The Bertz CT molecular complexity index is 972. The van der Waals surface area contributed by atoms with Crippen molar-refractivity contribution >= 4 is 10.8 Å². The van der Waals surface area contributed by atoms with Gasteiger partial charge in [0.05, 0.1) is 0 Å². The van der Waals surface area contributed by atoms with Gasteiger partial charge < -0.3 is 4.74 Å². The van der Waals surface area contributed by atoms with Gasteiger partial charge in [-0.15, -0.1) is 0 Å². The van der Waals surface area contributed by atoms with Gasteiger partial charge in [-0.1, -0.05) is 61.2 Å². The number of benzene rings is 3. The minimum atomic E-state index is -0.971. The summed E-state index contributed by atoms with van der Waals surface area (Å²) in [4.78, 5) is 0. The molecule has 138 valence electrons. The zero-order chi connectivity index (χ0) is 19.2. The number of aryl methyl sites for hydroxylation is 1. The summed E-state index contributed by atoms with van der Waals surface area (Å²) in [6.45, 7) is 5.66. The van der Waals surface area contributed by atoms with Crippen molar-refractivity contribution in [3.05, 3.63) is 90.5 Å². The largest absolute Gasteiger partial charge is 0.486 e. The van der Waals surface area contributed by atoms with Crippen LogP contribution < -0.4 is 4.74 Å². The average Bonchev–Trinajstić information content (AvgIpc) is 2.70. The maximum absolute atomic E-state index is 14.5. The highest BCUT2D eigenvalue weighted by Gasteiger charge is 2.15. The third kappa shape index (κ3) is 4.25. The lowest BCUT2D eigenvalue weighted by Gasteiger charge is -2.10. The summed E-state index contributed by atoms with van der Waals surface area (Å²) in [5.41, 5.74) is 3.07. The molecule has 0 heterocycles. The molecule has 0 unspecified atom stereocenters. The molecule has 0 N–H and O–H groups in total. The van der Waals surface area contributed by atoms with Crippen LogP contribution in [-0.2, 0) is 6.42 Å². The van der Waals surface area contributed by atoms with E-state index in [1.165, 1.54) is 17.7 Å². The summed E-state index contributed by atoms with van der Waals surface area (Å²) < 4.78 is 34.0. The van der Waals surface area contributed by atoms with Crippen molar-refractivity contribution in [2.24, 2.45) is 0 Å². The Balaban J connectivity index is 1.92. The Labute approximate surface area is 158 Å². The Kier molecular flexibility index (Phi) is 6.02. The van der Waals surface area contributed by atoms with Crippen LogP contribution in [0.25, 0.3) is 21.9 Å². The van der Waals surface area contributed by atoms with Gasteiger partial charge in [0.2, 0.25) is 5.82 Å². The van der Waals surface area contributed by atoms with E-state index in [2.05, 4.69) is 24.8 Å². The lowest BCUT2D eigenvalue weighted by Crippen LogP contribution is -1.98. The molecule has 0 aliphatic heterocycles. The van der Waals surface area contributed by atoms with Crippen LogP contribution in [0, 0.1) is 11.6 Å². The van der Waals surface area contributed by atoms with Gasteiger partial charge in [-0.2, -0.15) is 4.39 Å². The van der Waals surface area contributed by atoms with Crippen LogP contribution in [0.15, 0.2) is 73.3 Å². The van der Waals surface area contributed by atoms with Crippen molar-refractivity contribution in [3.63, 3.8) is 0 Å². The van der Waals surface area contributed by atoms with Gasteiger partial charge in [-0.25, -0.2) is 4.39 Å². The van der Waals surface area contributed by atoms with Crippen molar-refractivity contribution in [2.75, 3.05) is 6.61 Å².